The fraction of sp³-hybridized carbons (Fsp3) is 0.444. The first-order valence-electron chi connectivity index (χ1n) is 8.44. The second-order valence-electron chi connectivity index (χ2n) is 6.79. The van der Waals surface area contributed by atoms with Gasteiger partial charge in [-0.2, -0.15) is 5.10 Å². The number of benzene rings is 1. The van der Waals surface area contributed by atoms with Crippen molar-refractivity contribution >= 4 is 15.7 Å². The zero-order chi connectivity index (χ0) is 19.1. The maximum absolute atomic E-state index is 13.9. The predicted molar refractivity (Wildman–Crippen MR) is 96.2 cm³/mol. The molecule has 3 rings (SSSR count). The minimum atomic E-state index is -3.01. The van der Waals surface area contributed by atoms with Crippen molar-refractivity contribution in [3.8, 4) is 0 Å². The molecular formula is C18H22FN3O3S. The average Bonchev–Trinajstić information content (AvgIpc) is 3.08. The minimum absolute atomic E-state index is 0.0274. The lowest BCUT2D eigenvalue weighted by molar-refractivity contribution is 0.0780. The van der Waals surface area contributed by atoms with Gasteiger partial charge < -0.3 is 4.90 Å². The van der Waals surface area contributed by atoms with Crippen molar-refractivity contribution in [2.24, 2.45) is 0 Å². The Balaban J connectivity index is 1.82. The number of amides is 1. The summed E-state index contributed by atoms with van der Waals surface area (Å²) in [5.41, 5.74) is 2.49. The Morgan fingerprint density at radius 1 is 1.35 bits per heavy atom. The van der Waals surface area contributed by atoms with Crippen molar-refractivity contribution in [3.63, 3.8) is 0 Å². The van der Waals surface area contributed by atoms with Gasteiger partial charge in [0.1, 0.15) is 5.82 Å². The molecule has 0 spiro atoms. The molecule has 1 aliphatic heterocycles. The maximum atomic E-state index is 13.9. The monoisotopic (exact) mass is 379 g/mol. The van der Waals surface area contributed by atoms with E-state index in [1.165, 1.54) is 17.0 Å². The van der Waals surface area contributed by atoms with Crippen LogP contribution in [0.4, 0.5) is 4.39 Å². The van der Waals surface area contributed by atoms with Crippen LogP contribution in [0.2, 0.25) is 0 Å². The molecule has 1 aromatic heterocycles. The molecule has 0 radical (unpaired) electrons. The summed E-state index contributed by atoms with van der Waals surface area (Å²) in [6.07, 6.45) is 0.549. The van der Waals surface area contributed by atoms with Crippen LogP contribution in [0.5, 0.6) is 0 Å². The largest absolute Gasteiger partial charge is 0.337 e. The lowest BCUT2D eigenvalue weighted by Gasteiger charge is -2.18. The van der Waals surface area contributed by atoms with Gasteiger partial charge in [0.25, 0.3) is 5.91 Å². The number of nitrogens with zero attached hydrogens (tertiary/aromatic N) is 3. The summed E-state index contributed by atoms with van der Waals surface area (Å²) in [4.78, 5) is 14.0. The molecule has 6 nitrogen and oxygen atoms in total. The zero-order valence-corrected chi connectivity index (χ0v) is 15.9. The third kappa shape index (κ3) is 3.51. The standard InChI is InChI=1S/C18H22FN3O3S/c1-12-16(10-21(3)18(23)15-6-4-5-7-17(15)19)13(2)22(20-12)14-8-9-26(24,25)11-14/h4-7,14H,8-11H2,1-3H3/t14-/m0/s1. The van der Waals surface area contributed by atoms with Crippen LogP contribution in [0.15, 0.2) is 24.3 Å². The molecule has 0 unspecified atom stereocenters. The highest BCUT2D eigenvalue weighted by Crippen LogP contribution is 2.27. The fourth-order valence-corrected chi connectivity index (χ4v) is 5.09. The van der Waals surface area contributed by atoms with Gasteiger partial charge in [-0.05, 0) is 32.4 Å². The molecule has 1 amide bonds. The predicted octanol–water partition coefficient (Wildman–Crippen LogP) is 2.27. The Hall–Kier alpha value is -2.22. The van der Waals surface area contributed by atoms with Crippen molar-refractivity contribution in [1.29, 1.82) is 0 Å². The number of sulfone groups is 1. The molecule has 0 bridgehead atoms. The number of hydrogen-bond acceptors (Lipinski definition) is 4. The number of aromatic nitrogens is 2. The summed E-state index contributed by atoms with van der Waals surface area (Å²) < 4.78 is 39.1. The quantitative estimate of drug-likeness (QED) is 0.817. The molecule has 8 heteroatoms. The molecule has 2 aromatic rings. The van der Waals surface area contributed by atoms with E-state index in [4.69, 9.17) is 0 Å². The average molecular weight is 379 g/mol. The highest BCUT2D eigenvalue weighted by molar-refractivity contribution is 7.91. The van der Waals surface area contributed by atoms with Gasteiger partial charge in [0.15, 0.2) is 9.84 Å². The zero-order valence-electron chi connectivity index (χ0n) is 15.1. The summed E-state index contributed by atoms with van der Waals surface area (Å²) in [5, 5.41) is 4.50. The number of halogens is 1. The summed E-state index contributed by atoms with van der Waals surface area (Å²) in [6.45, 7) is 4.00. The van der Waals surface area contributed by atoms with E-state index in [2.05, 4.69) is 5.10 Å². The smallest absolute Gasteiger partial charge is 0.256 e. The van der Waals surface area contributed by atoms with Crippen LogP contribution in [-0.2, 0) is 16.4 Å². The van der Waals surface area contributed by atoms with Crippen LogP contribution >= 0.6 is 0 Å². The first kappa shape index (κ1) is 18.6. The van der Waals surface area contributed by atoms with Crippen LogP contribution in [0.1, 0.15) is 39.8 Å². The van der Waals surface area contributed by atoms with Crippen LogP contribution in [0.25, 0.3) is 0 Å². The van der Waals surface area contributed by atoms with Gasteiger partial charge in [0.2, 0.25) is 0 Å². The number of carbonyl (C=O) groups is 1. The molecule has 26 heavy (non-hydrogen) atoms. The summed E-state index contributed by atoms with van der Waals surface area (Å²) >= 11 is 0. The summed E-state index contributed by atoms with van der Waals surface area (Å²) in [7, 11) is -1.39. The van der Waals surface area contributed by atoms with Gasteiger partial charge >= 0.3 is 0 Å². The molecule has 1 saturated heterocycles. The normalized spacial score (nSPS) is 18.8. The lowest BCUT2D eigenvalue weighted by atomic mass is 10.1. The van der Waals surface area contributed by atoms with E-state index in [-0.39, 0.29) is 29.7 Å². The van der Waals surface area contributed by atoms with E-state index in [0.717, 1.165) is 17.0 Å². The van der Waals surface area contributed by atoms with E-state index in [1.807, 2.05) is 13.8 Å². The molecule has 0 N–H and O–H groups in total. The van der Waals surface area contributed by atoms with E-state index in [9.17, 15) is 17.6 Å². The van der Waals surface area contributed by atoms with Gasteiger partial charge in [-0.15, -0.1) is 0 Å². The van der Waals surface area contributed by atoms with Crippen molar-refractivity contribution < 1.29 is 17.6 Å². The molecule has 140 valence electrons. The number of hydrogen-bond donors (Lipinski definition) is 0. The Morgan fingerprint density at radius 2 is 2.04 bits per heavy atom. The lowest BCUT2D eigenvalue weighted by Crippen LogP contribution is -2.27. The third-order valence-corrected chi connectivity index (χ3v) is 6.63. The Bertz CT molecular complexity index is 953. The van der Waals surface area contributed by atoms with Gasteiger partial charge in [-0.3, -0.25) is 9.48 Å². The van der Waals surface area contributed by atoms with Crippen molar-refractivity contribution in [2.45, 2.75) is 32.9 Å². The molecule has 1 aliphatic rings. The third-order valence-electron chi connectivity index (χ3n) is 4.88. The van der Waals surface area contributed by atoms with Gasteiger partial charge in [0.05, 0.1) is 28.8 Å². The van der Waals surface area contributed by atoms with E-state index in [0.29, 0.717) is 6.42 Å². The molecular weight excluding hydrogens is 357 g/mol. The first-order valence-corrected chi connectivity index (χ1v) is 10.3. The van der Waals surface area contributed by atoms with Gasteiger partial charge in [-0.25, -0.2) is 12.8 Å². The molecule has 0 aliphatic carbocycles. The van der Waals surface area contributed by atoms with Crippen molar-refractivity contribution in [2.75, 3.05) is 18.6 Å². The Kier molecular flexibility index (Phi) is 4.88. The van der Waals surface area contributed by atoms with E-state index < -0.39 is 21.6 Å². The molecule has 2 heterocycles. The van der Waals surface area contributed by atoms with E-state index >= 15 is 0 Å². The minimum Gasteiger partial charge on any atom is -0.337 e. The Labute approximate surface area is 152 Å². The molecule has 0 saturated carbocycles. The maximum Gasteiger partial charge on any atom is 0.256 e. The first-order chi connectivity index (χ1) is 12.2. The van der Waals surface area contributed by atoms with Crippen LogP contribution in [0.3, 0.4) is 0 Å². The molecule has 1 atom stereocenters. The van der Waals surface area contributed by atoms with Crippen LogP contribution < -0.4 is 0 Å². The van der Waals surface area contributed by atoms with Crippen molar-refractivity contribution in [3.05, 3.63) is 52.6 Å². The molecule has 1 aromatic carbocycles. The van der Waals surface area contributed by atoms with Gasteiger partial charge in [-0.1, -0.05) is 12.1 Å². The van der Waals surface area contributed by atoms with E-state index in [1.54, 1.807) is 23.9 Å². The summed E-state index contributed by atoms with van der Waals surface area (Å²) in [6, 6.07) is 5.72. The highest BCUT2D eigenvalue weighted by atomic mass is 32.2. The SMILES string of the molecule is Cc1nn([C@H]2CCS(=O)(=O)C2)c(C)c1CN(C)C(=O)c1ccccc1F. The van der Waals surface area contributed by atoms with Gasteiger partial charge in [0, 0.05) is 24.8 Å². The number of rotatable bonds is 4. The second-order valence-corrected chi connectivity index (χ2v) is 9.02. The number of aryl methyl sites for hydroxylation is 1. The fourth-order valence-electron chi connectivity index (χ4n) is 3.40. The number of carbonyl (C=O) groups excluding carboxylic acids is 1. The molecule has 1 fully saturated rings. The van der Waals surface area contributed by atoms with Crippen LogP contribution in [-0.4, -0.2) is 47.6 Å². The van der Waals surface area contributed by atoms with Crippen molar-refractivity contribution in [1.82, 2.24) is 14.7 Å². The topological polar surface area (TPSA) is 72.3 Å². The highest BCUT2D eigenvalue weighted by Gasteiger charge is 2.31. The Morgan fingerprint density at radius 3 is 2.65 bits per heavy atom. The van der Waals surface area contributed by atoms with Crippen LogP contribution in [0, 0.1) is 19.7 Å². The summed E-state index contributed by atoms with van der Waals surface area (Å²) in [5.74, 6) is -0.683. The second kappa shape index (κ2) is 6.83.